The Morgan fingerprint density at radius 2 is 1.47 bits per heavy atom. The summed E-state index contributed by atoms with van der Waals surface area (Å²) in [7, 11) is 1.01. The maximum Gasteiger partial charge on any atom is 0.459 e. The lowest BCUT2D eigenvalue weighted by molar-refractivity contribution is -0.292. The molecule has 1 aromatic rings. The van der Waals surface area contributed by atoms with Crippen LogP contribution in [0.25, 0.3) is 0 Å². The van der Waals surface area contributed by atoms with Crippen LogP contribution in [0.1, 0.15) is 32.2 Å². The number of aryl methyl sites for hydroxylation is 1. The van der Waals surface area contributed by atoms with Gasteiger partial charge in [0.05, 0.1) is 5.69 Å². The van der Waals surface area contributed by atoms with Crippen molar-refractivity contribution < 1.29 is 22.0 Å². The van der Waals surface area contributed by atoms with E-state index in [1.54, 1.807) is 0 Å². The van der Waals surface area contributed by atoms with E-state index in [-0.39, 0.29) is 5.69 Å². The van der Waals surface area contributed by atoms with E-state index >= 15 is 0 Å². The van der Waals surface area contributed by atoms with Crippen molar-refractivity contribution in [2.75, 3.05) is 0 Å². The molecule has 1 aromatic heterocycles. The Kier molecular flexibility index (Phi) is 2.97. The second-order valence-electron chi connectivity index (χ2n) is 4.73. The molecule has 0 fully saturated rings. The zero-order valence-corrected chi connectivity index (χ0v) is 9.73. The SMILES string of the molecule is Cn1nnc(C(C)(C)C)c1C(F)(F)C(F)(F)F. The van der Waals surface area contributed by atoms with E-state index in [4.69, 9.17) is 0 Å². The first kappa shape index (κ1) is 13.9. The third kappa shape index (κ3) is 2.25. The minimum Gasteiger partial charge on any atom is -0.246 e. The Hall–Kier alpha value is -1.21. The fraction of sp³-hybridized carbons (Fsp3) is 0.778. The van der Waals surface area contributed by atoms with Gasteiger partial charge in [-0.05, 0) is 0 Å². The highest BCUT2D eigenvalue weighted by molar-refractivity contribution is 5.24. The highest BCUT2D eigenvalue weighted by atomic mass is 19.4. The van der Waals surface area contributed by atoms with Crippen molar-refractivity contribution in [3.8, 4) is 0 Å². The van der Waals surface area contributed by atoms with Crippen molar-refractivity contribution in [2.45, 2.75) is 38.3 Å². The van der Waals surface area contributed by atoms with Crippen LogP contribution in [0.3, 0.4) is 0 Å². The number of halogens is 5. The maximum atomic E-state index is 13.3. The lowest BCUT2D eigenvalue weighted by atomic mass is 9.89. The van der Waals surface area contributed by atoms with Gasteiger partial charge < -0.3 is 0 Å². The molecule has 0 amide bonds. The fourth-order valence-corrected chi connectivity index (χ4v) is 1.35. The first-order valence-corrected chi connectivity index (χ1v) is 4.74. The van der Waals surface area contributed by atoms with Crippen LogP contribution in [0.2, 0.25) is 0 Å². The molecule has 0 aliphatic heterocycles. The predicted molar refractivity (Wildman–Crippen MR) is 49.7 cm³/mol. The summed E-state index contributed by atoms with van der Waals surface area (Å²) >= 11 is 0. The van der Waals surface area contributed by atoms with Crippen molar-refractivity contribution in [2.24, 2.45) is 7.05 Å². The van der Waals surface area contributed by atoms with Gasteiger partial charge in [0.25, 0.3) is 0 Å². The van der Waals surface area contributed by atoms with Crippen LogP contribution in [0.15, 0.2) is 0 Å². The zero-order chi connectivity index (χ0) is 13.6. The molecule has 98 valence electrons. The molecule has 0 radical (unpaired) electrons. The smallest absolute Gasteiger partial charge is 0.246 e. The van der Waals surface area contributed by atoms with Crippen LogP contribution in [0.4, 0.5) is 22.0 Å². The Morgan fingerprint density at radius 1 is 1.00 bits per heavy atom. The molecule has 0 atom stereocenters. The van der Waals surface area contributed by atoms with Crippen molar-refractivity contribution in [1.29, 1.82) is 0 Å². The number of hydrogen-bond acceptors (Lipinski definition) is 2. The van der Waals surface area contributed by atoms with Crippen LogP contribution in [-0.2, 0) is 18.4 Å². The van der Waals surface area contributed by atoms with Gasteiger partial charge in [-0.25, -0.2) is 4.68 Å². The average Bonchev–Trinajstić information content (AvgIpc) is 2.44. The third-order valence-corrected chi connectivity index (χ3v) is 2.19. The first-order chi connectivity index (χ1) is 7.39. The molecule has 0 aliphatic rings. The largest absolute Gasteiger partial charge is 0.459 e. The van der Waals surface area contributed by atoms with Crippen molar-refractivity contribution in [1.82, 2.24) is 15.0 Å². The lowest BCUT2D eigenvalue weighted by Gasteiger charge is -2.24. The van der Waals surface area contributed by atoms with Gasteiger partial charge in [-0.1, -0.05) is 26.0 Å². The Bertz CT molecular complexity index is 413. The van der Waals surface area contributed by atoms with E-state index in [2.05, 4.69) is 10.3 Å². The van der Waals surface area contributed by atoms with Gasteiger partial charge in [-0.2, -0.15) is 22.0 Å². The highest BCUT2D eigenvalue weighted by Gasteiger charge is 2.62. The van der Waals surface area contributed by atoms with Gasteiger partial charge >= 0.3 is 12.1 Å². The second-order valence-corrected chi connectivity index (χ2v) is 4.73. The van der Waals surface area contributed by atoms with Crippen LogP contribution in [0.5, 0.6) is 0 Å². The van der Waals surface area contributed by atoms with E-state index in [0.29, 0.717) is 4.68 Å². The molecule has 8 heteroatoms. The Labute approximate surface area is 94.6 Å². The van der Waals surface area contributed by atoms with Crippen LogP contribution in [0, 0.1) is 0 Å². The summed E-state index contributed by atoms with van der Waals surface area (Å²) in [5, 5.41) is 6.65. The number of hydrogen-bond donors (Lipinski definition) is 0. The molecule has 1 heterocycles. The van der Waals surface area contributed by atoms with E-state index in [9.17, 15) is 22.0 Å². The minimum absolute atomic E-state index is 0.359. The van der Waals surface area contributed by atoms with Crippen LogP contribution < -0.4 is 0 Å². The molecule has 1 rings (SSSR count). The van der Waals surface area contributed by atoms with Crippen LogP contribution in [-0.4, -0.2) is 21.2 Å². The molecule has 0 aromatic carbocycles. The monoisotopic (exact) mass is 257 g/mol. The number of alkyl halides is 5. The molecular weight excluding hydrogens is 245 g/mol. The van der Waals surface area contributed by atoms with Gasteiger partial charge in [-0.15, -0.1) is 5.10 Å². The van der Waals surface area contributed by atoms with Gasteiger partial charge in [0.2, 0.25) is 0 Å². The molecule has 17 heavy (non-hydrogen) atoms. The molecule has 0 saturated carbocycles. The van der Waals surface area contributed by atoms with E-state index in [1.807, 2.05) is 0 Å². The Balaban J connectivity index is 3.47. The summed E-state index contributed by atoms with van der Waals surface area (Å²) in [6.07, 6.45) is -5.66. The zero-order valence-electron chi connectivity index (χ0n) is 9.73. The molecule has 0 unspecified atom stereocenters. The van der Waals surface area contributed by atoms with Gasteiger partial charge in [0.15, 0.2) is 0 Å². The maximum absolute atomic E-state index is 13.3. The number of aromatic nitrogens is 3. The molecule has 3 nitrogen and oxygen atoms in total. The predicted octanol–water partition coefficient (Wildman–Crippen LogP) is 2.77. The molecule has 0 bridgehead atoms. The fourth-order valence-electron chi connectivity index (χ4n) is 1.35. The number of rotatable bonds is 1. The van der Waals surface area contributed by atoms with E-state index in [0.717, 1.165) is 7.05 Å². The molecule has 0 N–H and O–H groups in total. The van der Waals surface area contributed by atoms with Gasteiger partial charge in [0, 0.05) is 12.5 Å². The topological polar surface area (TPSA) is 30.7 Å². The molecule has 0 spiro atoms. The summed E-state index contributed by atoms with van der Waals surface area (Å²) in [5.41, 5.74) is -2.52. The standard InChI is InChI=1S/C9H12F5N3/c1-7(2,3)5-6(17(4)16-15-5)8(10,11)9(12,13)14/h1-4H3. The highest BCUT2D eigenvalue weighted by Crippen LogP contribution is 2.46. The van der Waals surface area contributed by atoms with Crippen molar-refractivity contribution in [3.05, 3.63) is 11.4 Å². The first-order valence-electron chi connectivity index (χ1n) is 4.74. The summed E-state index contributed by atoms with van der Waals surface area (Å²) in [4.78, 5) is 0. The lowest BCUT2D eigenvalue weighted by Crippen LogP contribution is -2.37. The minimum atomic E-state index is -5.66. The Morgan fingerprint density at radius 3 is 1.82 bits per heavy atom. The molecule has 0 aliphatic carbocycles. The summed E-state index contributed by atoms with van der Waals surface area (Å²) in [6, 6.07) is 0. The average molecular weight is 257 g/mol. The normalized spacial score (nSPS) is 14.2. The summed E-state index contributed by atoms with van der Waals surface area (Å²) in [6.45, 7) is 4.48. The van der Waals surface area contributed by atoms with Crippen LogP contribution >= 0.6 is 0 Å². The summed E-state index contributed by atoms with van der Waals surface area (Å²) < 4.78 is 64.1. The van der Waals surface area contributed by atoms with Crippen molar-refractivity contribution >= 4 is 0 Å². The van der Waals surface area contributed by atoms with E-state index in [1.165, 1.54) is 20.8 Å². The second kappa shape index (κ2) is 3.64. The van der Waals surface area contributed by atoms with E-state index < -0.39 is 23.2 Å². The van der Waals surface area contributed by atoms with Gasteiger partial charge in [-0.3, -0.25) is 0 Å². The third-order valence-electron chi connectivity index (χ3n) is 2.19. The van der Waals surface area contributed by atoms with Gasteiger partial charge in [0.1, 0.15) is 5.69 Å². The molecular formula is C9H12F5N3. The van der Waals surface area contributed by atoms with Crippen molar-refractivity contribution in [3.63, 3.8) is 0 Å². The number of nitrogens with zero attached hydrogens (tertiary/aromatic N) is 3. The summed E-state index contributed by atoms with van der Waals surface area (Å²) in [5.74, 6) is -4.96. The quantitative estimate of drug-likeness (QED) is 0.724. The molecule has 0 saturated heterocycles.